The average Bonchev–Trinajstić information content (AvgIpc) is 1.98. The Morgan fingerprint density at radius 2 is 2.00 bits per heavy atom. The maximum Gasteiger partial charge on any atom is 0.375 e. The predicted molar refractivity (Wildman–Crippen MR) is 44.7 cm³/mol. The van der Waals surface area contributed by atoms with Crippen molar-refractivity contribution in [3.63, 3.8) is 0 Å². The van der Waals surface area contributed by atoms with Crippen LogP contribution >= 0.6 is 12.6 Å². The van der Waals surface area contributed by atoms with Gasteiger partial charge >= 0.3 is 5.97 Å². The lowest BCUT2D eigenvalue weighted by Crippen LogP contribution is -2.20. The van der Waals surface area contributed by atoms with Crippen molar-refractivity contribution in [1.82, 2.24) is 0 Å². The van der Waals surface area contributed by atoms with Gasteiger partial charge in [0, 0.05) is 0 Å². The fraction of sp³-hybridized carbons (Fsp3) is 0.714. The Bertz CT molecular complexity index is 154. The molecule has 0 aromatic rings. The highest BCUT2D eigenvalue weighted by Gasteiger charge is 2.12. The molecule has 0 radical (unpaired) electrons. The van der Waals surface area contributed by atoms with Gasteiger partial charge in [-0.2, -0.15) is 12.6 Å². The normalized spacial score (nSPS) is 9.82. The van der Waals surface area contributed by atoms with Crippen LogP contribution in [0.1, 0.15) is 13.8 Å². The van der Waals surface area contributed by atoms with E-state index < -0.39 is 11.8 Å². The van der Waals surface area contributed by atoms with Crippen molar-refractivity contribution in [2.75, 3.05) is 12.4 Å². The molecular formula is C7H12O3S. The fourth-order valence-corrected chi connectivity index (χ4v) is 0.516. The van der Waals surface area contributed by atoms with Crippen molar-refractivity contribution < 1.29 is 14.3 Å². The van der Waals surface area contributed by atoms with E-state index >= 15 is 0 Å². The van der Waals surface area contributed by atoms with Gasteiger partial charge in [-0.25, -0.2) is 4.79 Å². The maximum atomic E-state index is 10.7. The number of Topliss-reactive ketones (excluding diaryl/α,β-unsaturated/α-hetero) is 1. The third-order valence-corrected chi connectivity index (χ3v) is 1.21. The molecule has 4 heteroatoms. The Kier molecular flexibility index (Phi) is 4.94. The molecule has 0 atom stereocenters. The van der Waals surface area contributed by atoms with Gasteiger partial charge in [-0.15, -0.1) is 0 Å². The SMILES string of the molecule is CC(C)COC(=O)C(=O)CS. The van der Waals surface area contributed by atoms with E-state index in [0.717, 1.165) is 0 Å². The van der Waals surface area contributed by atoms with Crippen LogP contribution in [0.4, 0.5) is 0 Å². The van der Waals surface area contributed by atoms with Crippen molar-refractivity contribution in [3.8, 4) is 0 Å². The van der Waals surface area contributed by atoms with Crippen LogP contribution in [0, 0.1) is 5.92 Å². The molecule has 0 N–H and O–H groups in total. The van der Waals surface area contributed by atoms with Crippen molar-refractivity contribution >= 4 is 24.4 Å². The summed E-state index contributed by atoms with van der Waals surface area (Å²) in [5, 5.41) is 0. The molecule has 0 bridgehead atoms. The molecule has 64 valence electrons. The first kappa shape index (κ1) is 10.5. The molecule has 0 rings (SSSR count). The summed E-state index contributed by atoms with van der Waals surface area (Å²) in [5.74, 6) is -1.20. The standard InChI is InChI=1S/C7H12O3S/c1-5(2)3-10-7(9)6(8)4-11/h5,11H,3-4H2,1-2H3. The summed E-state index contributed by atoms with van der Waals surface area (Å²) in [6.45, 7) is 4.09. The Hall–Kier alpha value is -0.510. The molecule has 0 unspecified atom stereocenters. The zero-order valence-corrected chi connectivity index (χ0v) is 7.56. The van der Waals surface area contributed by atoms with Gasteiger partial charge in [0.1, 0.15) is 0 Å². The molecule has 0 aromatic heterocycles. The lowest BCUT2D eigenvalue weighted by molar-refractivity contribution is -0.153. The lowest BCUT2D eigenvalue weighted by atomic mass is 10.2. The van der Waals surface area contributed by atoms with E-state index in [1.54, 1.807) is 0 Å². The highest BCUT2D eigenvalue weighted by molar-refractivity contribution is 7.81. The molecule has 0 fully saturated rings. The van der Waals surface area contributed by atoms with Crippen LogP contribution in [0.5, 0.6) is 0 Å². The van der Waals surface area contributed by atoms with Crippen LogP contribution in [-0.4, -0.2) is 24.1 Å². The highest BCUT2D eigenvalue weighted by atomic mass is 32.1. The minimum atomic E-state index is -0.784. The summed E-state index contributed by atoms with van der Waals surface area (Å²) < 4.78 is 4.62. The van der Waals surface area contributed by atoms with Crippen LogP contribution in [0.25, 0.3) is 0 Å². The van der Waals surface area contributed by atoms with Crippen LogP contribution < -0.4 is 0 Å². The lowest BCUT2D eigenvalue weighted by Gasteiger charge is -2.04. The molecule has 0 aromatic carbocycles. The van der Waals surface area contributed by atoms with Gasteiger partial charge in [0.2, 0.25) is 5.78 Å². The molecule has 11 heavy (non-hydrogen) atoms. The molecule has 0 spiro atoms. The number of hydrogen-bond acceptors (Lipinski definition) is 4. The molecule has 0 saturated heterocycles. The summed E-state index contributed by atoms with van der Waals surface area (Å²) in [6.07, 6.45) is 0. The second-order valence-corrected chi connectivity index (χ2v) is 2.89. The van der Waals surface area contributed by atoms with E-state index in [9.17, 15) is 9.59 Å². The first-order valence-electron chi connectivity index (χ1n) is 3.38. The van der Waals surface area contributed by atoms with E-state index in [2.05, 4.69) is 17.4 Å². The number of hydrogen-bond donors (Lipinski definition) is 1. The second-order valence-electron chi connectivity index (χ2n) is 2.57. The largest absolute Gasteiger partial charge is 0.460 e. The Labute approximate surface area is 71.5 Å². The van der Waals surface area contributed by atoms with Gasteiger partial charge in [0.25, 0.3) is 0 Å². The van der Waals surface area contributed by atoms with E-state index in [1.165, 1.54) is 0 Å². The van der Waals surface area contributed by atoms with Crippen molar-refractivity contribution in [1.29, 1.82) is 0 Å². The smallest absolute Gasteiger partial charge is 0.375 e. The van der Waals surface area contributed by atoms with Crippen LogP contribution in [-0.2, 0) is 14.3 Å². The summed E-state index contributed by atoms with van der Waals surface area (Å²) in [6, 6.07) is 0. The Morgan fingerprint density at radius 3 is 2.36 bits per heavy atom. The van der Waals surface area contributed by atoms with Crippen LogP contribution in [0.3, 0.4) is 0 Å². The number of esters is 1. The number of ether oxygens (including phenoxy) is 1. The van der Waals surface area contributed by atoms with Crippen molar-refractivity contribution in [2.45, 2.75) is 13.8 Å². The molecule has 0 aliphatic heterocycles. The quantitative estimate of drug-likeness (QED) is 0.389. The first-order chi connectivity index (χ1) is 5.07. The summed E-state index contributed by atoms with van der Waals surface area (Å²) >= 11 is 3.65. The number of thiol groups is 1. The third-order valence-electron chi connectivity index (χ3n) is 0.919. The summed E-state index contributed by atoms with van der Waals surface area (Å²) in [4.78, 5) is 21.2. The van der Waals surface area contributed by atoms with E-state index in [4.69, 9.17) is 0 Å². The van der Waals surface area contributed by atoms with Gasteiger partial charge in [-0.3, -0.25) is 4.79 Å². The monoisotopic (exact) mass is 176 g/mol. The Morgan fingerprint density at radius 1 is 1.45 bits per heavy atom. The average molecular weight is 176 g/mol. The minimum Gasteiger partial charge on any atom is -0.460 e. The van der Waals surface area contributed by atoms with Gasteiger partial charge in [-0.05, 0) is 5.92 Å². The third kappa shape index (κ3) is 4.84. The number of carbonyl (C=O) groups is 2. The van der Waals surface area contributed by atoms with Gasteiger partial charge in [-0.1, -0.05) is 13.8 Å². The molecule has 3 nitrogen and oxygen atoms in total. The van der Waals surface area contributed by atoms with Gasteiger partial charge in [0.05, 0.1) is 12.4 Å². The van der Waals surface area contributed by atoms with E-state index in [-0.39, 0.29) is 11.7 Å². The maximum absolute atomic E-state index is 10.7. The van der Waals surface area contributed by atoms with Crippen LogP contribution in [0.15, 0.2) is 0 Å². The fourth-order valence-electron chi connectivity index (χ4n) is 0.387. The molecule has 0 heterocycles. The van der Waals surface area contributed by atoms with Crippen LogP contribution in [0.2, 0.25) is 0 Å². The van der Waals surface area contributed by atoms with Gasteiger partial charge < -0.3 is 4.74 Å². The molecule has 0 saturated carbocycles. The number of rotatable bonds is 4. The molecular weight excluding hydrogens is 164 g/mol. The number of carbonyl (C=O) groups excluding carboxylic acids is 2. The van der Waals surface area contributed by atoms with E-state index in [1.807, 2.05) is 13.8 Å². The predicted octanol–water partition coefficient (Wildman–Crippen LogP) is 0.685. The molecule has 0 aliphatic carbocycles. The molecule has 0 amide bonds. The second kappa shape index (κ2) is 5.18. The van der Waals surface area contributed by atoms with Crippen molar-refractivity contribution in [2.24, 2.45) is 5.92 Å². The molecule has 0 aliphatic rings. The highest BCUT2D eigenvalue weighted by Crippen LogP contribution is 1.93. The number of ketones is 1. The zero-order chi connectivity index (χ0) is 8.85. The van der Waals surface area contributed by atoms with E-state index in [0.29, 0.717) is 6.61 Å². The zero-order valence-electron chi connectivity index (χ0n) is 6.66. The Balaban J connectivity index is 3.61. The summed E-state index contributed by atoms with van der Waals surface area (Å²) in [7, 11) is 0. The van der Waals surface area contributed by atoms with Gasteiger partial charge in [0.15, 0.2) is 0 Å². The first-order valence-corrected chi connectivity index (χ1v) is 4.02. The topological polar surface area (TPSA) is 43.4 Å². The summed E-state index contributed by atoms with van der Waals surface area (Å²) in [5.41, 5.74) is 0. The minimum absolute atomic E-state index is 0.0864. The van der Waals surface area contributed by atoms with Crippen molar-refractivity contribution in [3.05, 3.63) is 0 Å².